The quantitative estimate of drug-likeness (QED) is 0.671. The average molecular weight is 189 g/mol. The fraction of sp³-hybridized carbons (Fsp3) is 0.500. The highest BCUT2D eigenvalue weighted by Gasteiger charge is 2.32. The van der Waals surface area contributed by atoms with Gasteiger partial charge in [-0.25, -0.2) is 0 Å². The summed E-state index contributed by atoms with van der Waals surface area (Å²) in [6.45, 7) is 3.15. The molecule has 3 rings (SSSR count). The minimum atomic E-state index is 0.675. The Morgan fingerprint density at radius 2 is 2.14 bits per heavy atom. The lowest BCUT2D eigenvalue weighted by Gasteiger charge is -2.15. The van der Waals surface area contributed by atoms with Crippen LogP contribution in [-0.2, 0) is 0 Å². The van der Waals surface area contributed by atoms with Gasteiger partial charge >= 0.3 is 0 Å². The van der Waals surface area contributed by atoms with E-state index in [4.69, 9.17) is 4.74 Å². The van der Waals surface area contributed by atoms with Gasteiger partial charge in [0, 0.05) is 12.5 Å². The summed E-state index contributed by atoms with van der Waals surface area (Å²) < 4.78 is 5.76. The van der Waals surface area contributed by atoms with Gasteiger partial charge in [-0.15, -0.1) is 0 Å². The molecule has 0 spiro atoms. The van der Waals surface area contributed by atoms with Gasteiger partial charge in [0.2, 0.25) is 0 Å². The Balaban J connectivity index is 2.04. The second kappa shape index (κ2) is 3.28. The van der Waals surface area contributed by atoms with E-state index in [1.165, 1.54) is 12.0 Å². The Hall–Kier alpha value is -1.02. The van der Waals surface area contributed by atoms with Crippen LogP contribution in [0.2, 0.25) is 0 Å². The van der Waals surface area contributed by atoms with Crippen molar-refractivity contribution in [2.75, 3.05) is 19.7 Å². The van der Waals surface area contributed by atoms with Crippen LogP contribution in [0.1, 0.15) is 17.9 Å². The second-order valence-electron chi connectivity index (χ2n) is 4.20. The molecule has 0 saturated carbocycles. The zero-order valence-electron chi connectivity index (χ0n) is 8.20. The van der Waals surface area contributed by atoms with Crippen molar-refractivity contribution in [2.24, 2.45) is 5.92 Å². The molecule has 1 N–H and O–H groups in total. The molecule has 2 heteroatoms. The lowest BCUT2D eigenvalue weighted by atomic mass is 9.87. The SMILES string of the molecule is c1ccc2c(c1)OCC[C@@H]1CNC[C@@H]21. The predicted molar refractivity (Wildman–Crippen MR) is 55.7 cm³/mol. The molecule has 2 atom stereocenters. The maximum Gasteiger partial charge on any atom is 0.122 e. The van der Waals surface area contributed by atoms with E-state index in [0.717, 1.165) is 31.4 Å². The van der Waals surface area contributed by atoms with Crippen LogP contribution >= 0.6 is 0 Å². The zero-order valence-corrected chi connectivity index (χ0v) is 8.20. The van der Waals surface area contributed by atoms with Crippen LogP contribution in [0.25, 0.3) is 0 Å². The number of rotatable bonds is 0. The third-order valence-corrected chi connectivity index (χ3v) is 3.40. The molecule has 1 saturated heterocycles. The van der Waals surface area contributed by atoms with Crippen LogP contribution in [0, 0.1) is 5.92 Å². The van der Waals surface area contributed by atoms with Crippen molar-refractivity contribution in [1.82, 2.24) is 5.32 Å². The van der Waals surface area contributed by atoms with E-state index in [1.807, 2.05) is 0 Å². The van der Waals surface area contributed by atoms with Crippen LogP contribution in [0.15, 0.2) is 24.3 Å². The number of ether oxygens (including phenoxy) is 1. The summed E-state index contributed by atoms with van der Waals surface area (Å²) in [6, 6.07) is 8.48. The summed E-state index contributed by atoms with van der Waals surface area (Å²) in [4.78, 5) is 0. The number of nitrogens with one attached hydrogen (secondary N) is 1. The Morgan fingerprint density at radius 1 is 1.21 bits per heavy atom. The monoisotopic (exact) mass is 189 g/mol. The van der Waals surface area contributed by atoms with Crippen LogP contribution in [-0.4, -0.2) is 19.7 Å². The predicted octanol–water partition coefficient (Wildman–Crippen LogP) is 1.77. The smallest absolute Gasteiger partial charge is 0.122 e. The summed E-state index contributed by atoms with van der Waals surface area (Å²) >= 11 is 0. The van der Waals surface area contributed by atoms with Gasteiger partial charge in [-0.05, 0) is 30.5 Å². The maximum absolute atomic E-state index is 5.76. The van der Waals surface area contributed by atoms with Crippen molar-refractivity contribution in [1.29, 1.82) is 0 Å². The summed E-state index contributed by atoms with van der Waals surface area (Å²) in [7, 11) is 0. The molecule has 2 aliphatic heterocycles. The van der Waals surface area contributed by atoms with Crippen LogP contribution in [0.4, 0.5) is 0 Å². The number of para-hydroxylation sites is 1. The average Bonchev–Trinajstić information content (AvgIpc) is 2.61. The van der Waals surface area contributed by atoms with Gasteiger partial charge in [-0.3, -0.25) is 0 Å². The first-order chi connectivity index (χ1) is 6.95. The van der Waals surface area contributed by atoms with Gasteiger partial charge in [0.05, 0.1) is 6.61 Å². The standard InChI is InChI=1S/C12H15NO/c1-2-4-12-10(3-1)11-8-13-7-9(11)5-6-14-12/h1-4,9,11,13H,5-8H2/t9-,11-/m1/s1. The molecule has 2 nitrogen and oxygen atoms in total. The fourth-order valence-corrected chi connectivity index (χ4v) is 2.64. The Bertz CT molecular complexity index is 337. The molecule has 1 aromatic carbocycles. The molecule has 1 fully saturated rings. The summed E-state index contributed by atoms with van der Waals surface area (Å²) in [5.41, 5.74) is 1.40. The van der Waals surface area contributed by atoms with Crippen LogP contribution in [0.5, 0.6) is 5.75 Å². The number of fused-ring (bicyclic) bond motifs is 3. The van der Waals surface area contributed by atoms with Crippen molar-refractivity contribution >= 4 is 0 Å². The maximum atomic E-state index is 5.76. The first kappa shape index (κ1) is 8.30. The lowest BCUT2D eigenvalue weighted by Crippen LogP contribution is -2.11. The number of benzene rings is 1. The zero-order chi connectivity index (χ0) is 9.38. The molecular weight excluding hydrogens is 174 g/mol. The van der Waals surface area contributed by atoms with E-state index in [-0.39, 0.29) is 0 Å². The van der Waals surface area contributed by atoms with Gasteiger partial charge in [0.25, 0.3) is 0 Å². The molecule has 0 bridgehead atoms. The molecule has 2 heterocycles. The van der Waals surface area contributed by atoms with Crippen LogP contribution < -0.4 is 10.1 Å². The second-order valence-corrected chi connectivity index (χ2v) is 4.20. The molecule has 0 unspecified atom stereocenters. The van der Waals surface area contributed by atoms with E-state index in [2.05, 4.69) is 29.6 Å². The van der Waals surface area contributed by atoms with Crippen molar-refractivity contribution in [3.63, 3.8) is 0 Å². The largest absolute Gasteiger partial charge is 0.493 e. The molecule has 0 aromatic heterocycles. The molecule has 0 radical (unpaired) electrons. The van der Waals surface area contributed by atoms with E-state index in [9.17, 15) is 0 Å². The Morgan fingerprint density at radius 3 is 3.14 bits per heavy atom. The topological polar surface area (TPSA) is 21.3 Å². The highest BCUT2D eigenvalue weighted by atomic mass is 16.5. The molecule has 2 aliphatic rings. The first-order valence-corrected chi connectivity index (χ1v) is 5.37. The first-order valence-electron chi connectivity index (χ1n) is 5.37. The summed E-state index contributed by atoms with van der Waals surface area (Å²) in [6.07, 6.45) is 1.19. The highest BCUT2D eigenvalue weighted by molar-refractivity contribution is 5.38. The van der Waals surface area contributed by atoms with E-state index < -0.39 is 0 Å². The van der Waals surface area contributed by atoms with E-state index in [0.29, 0.717) is 5.92 Å². The highest BCUT2D eigenvalue weighted by Crippen LogP contribution is 2.38. The molecule has 0 aliphatic carbocycles. The van der Waals surface area contributed by atoms with Gasteiger partial charge in [0.15, 0.2) is 0 Å². The number of hydrogen-bond donors (Lipinski definition) is 1. The summed E-state index contributed by atoms with van der Waals surface area (Å²) in [5, 5.41) is 3.48. The Labute approximate surface area is 84.3 Å². The van der Waals surface area contributed by atoms with Crippen LogP contribution in [0.3, 0.4) is 0 Å². The molecule has 74 valence electrons. The van der Waals surface area contributed by atoms with E-state index in [1.54, 1.807) is 0 Å². The van der Waals surface area contributed by atoms with Gasteiger partial charge in [-0.2, -0.15) is 0 Å². The molecule has 14 heavy (non-hydrogen) atoms. The molecule has 1 aromatic rings. The van der Waals surface area contributed by atoms with Crippen molar-refractivity contribution in [2.45, 2.75) is 12.3 Å². The number of hydrogen-bond acceptors (Lipinski definition) is 2. The summed E-state index contributed by atoms with van der Waals surface area (Å²) in [5.74, 6) is 2.55. The minimum absolute atomic E-state index is 0.675. The third kappa shape index (κ3) is 1.22. The minimum Gasteiger partial charge on any atom is -0.493 e. The van der Waals surface area contributed by atoms with Crippen molar-refractivity contribution in [3.05, 3.63) is 29.8 Å². The molecule has 0 amide bonds. The fourth-order valence-electron chi connectivity index (χ4n) is 2.64. The van der Waals surface area contributed by atoms with Gasteiger partial charge in [-0.1, -0.05) is 18.2 Å². The normalized spacial score (nSPS) is 30.0. The van der Waals surface area contributed by atoms with Crippen molar-refractivity contribution in [3.8, 4) is 5.75 Å². The molecular formula is C12H15NO. The van der Waals surface area contributed by atoms with Gasteiger partial charge in [0.1, 0.15) is 5.75 Å². The Kier molecular flexibility index (Phi) is 1.95. The van der Waals surface area contributed by atoms with E-state index >= 15 is 0 Å². The van der Waals surface area contributed by atoms with Crippen molar-refractivity contribution < 1.29 is 4.74 Å². The lowest BCUT2D eigenvalue weighted by molar-refractivity contribution is 0.296. The third-order valence-electron chi connectivity index (χ3n) is 3.40. The van der Waals surface area contributed by atoms with Gasteiger partial charge < -0.3 is 10.1 Å².